The van der Waals surface area contributed by atoms with Crippen LogP contribution in [0.3, 0.4) is 0 Å². The third-order valence-corrected chi connectivity index (χ3v) is 8.75. The molecule has 3 heterocycles. The van der Waals surface area contributed by atoms with Gasteiger partial charge in [-0.05, 0) is 87.0 Å². The van der Waals surface area contributed by atoms with Crippen molar-refractivity contribution in [1.29, 1.82) is 0 Å². The molecule has 3 aliphatic rings. The zero-order valence-electron chi connectivity index (χ0n) is 24.7. The summed E-state index contributed by atoms with van der Waals surface area (Å²) in [6, 6.07) is 0.537. The second-order valence-electron chi connectivity index (χ2n) is 11.5. The van der Waals surface area contributed by atoms with Crippen molar-refractivity contribution in [3.63, 3.8) is 0 Å². The van der Waals surface area contributed by atoms with E-state index in [2.05, 4.69) is 79.3 Å². The van der Waals surface area contributed by atoms with Gasteiger partial charge in [-0.15, -0.1) is 0 Å². The first-order valence-electron chi connectivity index (χ1n) is 15.1. The van der Waals surface area contributed by atoms with Gasteiger partial charge in [0.25, 0.3) is 0 Å². The molecule has 5 nitrogen and oxygen atoms in total. The molecule has 0 saturated carbocycles. The summed E-state index contributed by atoms with van der Waals surface area (Å²) in [5, 5.41) is 3.88. The zero-order chi connectivity index (χ0) is 27.6. The van der Waals surface area contributed by atoms with Crippen LogP contribution in [-0.4, -0.2) is 34.5 Å². The van der Waals surface area contributed by atoms with E-state index in [0.29, 0.717) is 17.9 Å². The molecule has 2 aliphatic heterocycles. The van der Waals surface area contributed by atoms with E-state index >= 15 is 0 Å². The molecule has 1 aliphatic carbocycles. The standard InChI is InChI=1S/C34H47N5/c1-6-9-27(10-7-2)26(5)38-21-28-15-16-33-31(12-8-11-24(28)3)25(4)32(22-39-33)29-13-14-30(20-36-19-29)34-23-35-17-18-37-34/h13,15-20,22-23,25-27,31,38H,6-12,14,21H2,1-5H3. The third-order valence-electron chi connectivity index (χ3n) is 8.75. The van der Waals surface area contributed by atoms with E-state index in [-0.39, 0.29) is 0 Å². The van der Waals surface area contributed by atoms with Crippen LogP contribution in [0.2, 0.25) is 0 Å². The van der Waals surface area contributed by atoms with Gasteiger partial charge in [0.15, 0.2) is 0 Å². The van der Waals surface area contributed by atoms with E-state index in [0.717, 1.165) is 43.0 Å². The normalized spacial score (nSPS) is 22.6. The first-order valence-corrected chi connectivity index (χ1v) is 15.1. The minimum absolute atomic E-state index is 0.391. The van der Waals surface area contributed by atoms with Crippen LogP contribution >= 0.6 is 0 Å². The Morgan fingerprint density at radius 1 is 1.08 bits per heavy atom. The number of nitrogens with zero attached hydrogens (tertiary/aromatic N) is 4. The molecule has 0 spiro atoms. The molecule has 1 aromatic heterocycles. The Bertz CT molecular complexity index is 1180. The number of allylic oxidation sites excluding steroid dienone is 6. The van der Waals surface area contributed by atoms with Crippen molar-refractivity contribution in [2.45, 2.75) is 92.0 Å². The average Bonchev–Trinajstić information content (AvgIpc) is 3.16. The fourth-order valence-electron chi connectivity index (χ4n) is 6.20. The first kappa shape index (κ1) is 29.1. The Balaban J connectivity index is 1.48. The summed E-state index contributed by atoms with van der Waals surface area (Å²) in [5.41, 5.74) is 8.58. The highest BCUT2D eigenvalue weighted by Gasteiger charge is 2.29. The summed E-state index contributed by atoms with van der Waals surface area (Å²) in [4.78, 5) is 18.3. The van der Waals surface area contributed by atoms with Crippen molar-refractivity contribution in [3.05, 3.63) is 77.2 Å². The SMILES string of the molecule is CCCC(CCC)C(C)NCC1=C(C)CCCC2C(=NC=C(C3=CCC(c4cnccn4)=CN=C3)C2C)C=C1. The zero-order valence-corrected chi connectivity index (χ0v) is 24.7. The summed E-state index contributed by atoms with van der Waals surface area (Å²) in [6.07, 6.45) is 27.5. The monoisotopic (exact) mass is 525 g/mol. The summed E-state index contributed by atoms with van der Waals surface area (Å²) in [7, 11) is 0. The average molecular weight is 526 g/mol. The highest BCUT2D eigenvalue weighted by molar-refractivity contribution is 6.00. The minimum Gasteiger partial charge on any atom is -0.310 e. The molecule has 0 amide bonds. The minimum atomic E-state index is 0.391. The van der Waals surface area contributed by atoms with Crippen LogP contribution in [0.25, 0.3) is 5.57 Å². The maximum atomic E-state index is 5.02. The van der Waals surface area contributed by atoms with Crippen LogP contribution in [0, 0.1) is 17.8 Å². The number of rotatable bonds is 10. The smallest absolute Gasteiger partial charge is 0.0863 e. The maximum absolute atomic E-state index is 5.02. The van der Waals surface area contributed by atoms with E-state index < -0.39 is 0 Å². The Morgan fingerprint density at radius 2 is 1.90 bits per heavy atom. The molecule has 39 heavy (non-hydrogen) atoms. The highest BCUT2D eigenvalue weighted by atomic mass is 14.9. The molecule has 0 bridgehead atoms. The van der Waals surface area contributed by atoms with E-state index in [1.807, 2.05) is 12.4 Å². The Kier molecular flexibility index (Phi) is 10.8. The summed E-state index contributed by atoms with van der Waals surface area (Å²) >= 11 is 0. The van der Waals surface area contributed by atoms with Gasteiger partial charge in [-0.3, -0.25) is 20.0 Å². The van der Waals surface area contributed by atoms with E-state index in [1.165, 1.54) is 60.1 Å². The molecule has 0 fully saturated rings. The summed E-state index contributed by atoms with van der Waals surface area (Å²) < 4.78 is 0. The van der Waals surface area contributed by atoms with Crippen LogP contribution in [-0.2, 0) is 0 Å². The second kappa shape index (κ2) is 14.5. The van der Waals surface area contributed by atoms with Gasteiger partial charge in [-0.2, -0.15) is 0 Å². The molecule has 1 aromatic rings. The predicted octanol–water partition coefficient (Wildman–Crippen LogP) is 8.06. The Hall–Kier alpha value is -2.92. The number of nitrogens with one attached hydrogen (secondary N) is 1. The first-order chi connectivity index (χ1) is 19.0. The number of hydrogen-bond acceptors (Lipinski definition) is 5. The number of aliphatic imine (C=N–C) groups is 2. The highest BCUT2D eigenvalue weighted by Crippen LogP contribution is 2.36. The topological polar surface area (TPSA) is 62.5 Å². The maximum Gasteiger partial charge on any atom is 0.0863 e. The van der Waals surface area contributed by atoms with Gasteiger partial charge >= 0.3 is 0 Å². The van der Waals surface area contributed by atoms with Gasteiger partial charge < -0.3 is 5.32 Å². The van der Waals surface area contributed by atoms with Crippen LogP contribution in [0.5, 0.6) is 0 Å². The van der Waals surface area contributed by atoms with Gasteiger partial charge in [0, 0.05) is 60.8 Å². The van der Waals surface area contributed by atoms with Crippen LogP contribution in [0.4, 0.5) is 0 Å². The van der Waals surface area contributed by atoms with Crippen LogP contribution in [0.15, 0.2) is 81.5 Å². The van der Waals surface area contributed by atoms with E-state index in [9.17, 15) is 0 Å². The van der Waals surface area contributed by atoms with E-state index in [1.54, 1.807) is 18.6 Å². The molecular weight excluding hydrogens is 478 g/mol. The van der Waals surface area contributed by atoms with Crippen molar-refractivity contribution in [1.82, 2.24) is 15.3 Å². The van der Waals surface area contributed by atoms with Crippen molar-refractivity contribution < 1.29 is 0 Å². The Morgan fingerprint density at radius 3 is 2.64 bits per heavy atom. The molecule has 1 N–H and O–H groups in total. The summed E-state index contributed by atoms with van der Waals surface area (Å²) in [6.45, 7) is 12.6. The molecule has 0 saturated heterocycles. The second-order valence-corrected chi connectivity index (χ2v) is 11.5. The van der Waals surface area contributed by atoms with E-state index in [4.69, 9.17) is 4.99 Å². The molecular formula is C34H47N5. The summed E-state index contributed by atoms with van der Waals surface area (Å²) in [5.74, 6) is 1.57. The third kappa shape index (κ3) is 7.60. The molecule has 0 aromatic carbocycles. The van der Waals surface area contributed by atoms with Gasteiger partial charge in [0.05, 0.1) is 11.9 Å². The molecule has 208 valence electrons. The van der Waals surface area contributed by atoms with Gasteiger partial charge in [-0.1, -0.05) is 51.3 Å². The predicted molar refractivity (Wildman–Crippen MR) is 166 cm³/mol. The molecule has 0 radical (unpaired) electrons. The quantitative estimate of drug-likeness (QED) is 0.336. The van der Waals surface area contributed by atoms with Crippen molar-refractivity contribution >= 4 is 17.5 Å². The van der Waals surface area contributed by atoms with Gasteiger partial charge in [-0.25, -0.2) is 0 Å². The fourth-order valence-corrected chi connectivity index (χ4v) is 6.20. The van der Waals surface area contributed by atoms with Crippen molar-refractivity contribution in [2.24, 2.45) is 27.7 Å². The molecule has 4 rings (SSSR count). The lowest BCUT2D eigenvalue weighted by molar-refractivity contribution is 0.335. The lowest BCUT2D eigenvalue weighted by Gasteiger charge is -2.30. The van der Waals surface area contributed by atoms with Crippen molar-refractivity contribution in [3.8, 4) is 0 Å². The largest absolute Gasteiger partial charge is 0.310 e. The molecule has 5 heteroatoms. The van der Waals surface area contributed by atoms with Crippen LogP contribution < -0.4 is 5.32 Å². The van der Waals surface area contributed by atoms with Gasteiger partial charge in [0.1, 0.15) is 0 Å². The van der Waals surface area contributed by atoms with Crippen molar-refractivity contribution in [2.75, 3.05) is 6.54 Å². The molecule has 3 unspecified atom stereocenters. The van der Waals surface area contributed by atoms with Crippen LogP contribution in [0.1, 0.15) is 91.7 Å². The lowest BCUT2D eigenvalue weighted by atomic mass is 9.77. The fraction of sp³-hybridized carbons (Fsp3) is 0.529. The number of hydrogen-bond donors (Lipinski definition) is 1. The Labute approximate surface area is 236 Å². The lowest BCUT2D eigenvalue weighted by Crippen LogP contribution is -2.35. The molecule has 3 atom stereocenters. The number of fused-ring (bicyclic) bond motifs is 1. The van der Waals surface area contributed by atoms with Gasteiger partial charge in [0.2, 0.25) is 0 Å². The number of aromatic nitrogens is 2.